The molecular formula is C14H26N2O2S. The minimum atomic E-state index is -0.693. The Morgan fingerprint density at radius 1 is 1.42 bits per heavy atom. The van der Waals surface area contributed by atoms with E-state index < -0.39 is 5.60 Å². The van der Waals surface area contributed by atoms with Crippen LogP contribution in [0.3, 0.4) is 0 Å². The van der Waals surface area contributed by atoms with Crippen molar-refractivity contribution in [2.45, 2.75) is 44.6 Å². The smallest absolute Gasteiger partial charge is 0.314 e. The van der Waals surface area contributed by atoms with Crippen LogP contribution in [0, 0.1) is 11.8 Å². The number of nitrogens with one attached hydrogen (secondary N) is 2. The predicted octanol–water partition coefficient (Wildman–Crippen LogP) is 1.98. The second-order valence-corrected chi connectivity index (χ2v) is 7.33. The van der Waals surface area contributed by atoms with Gasteiger partial charge >= 0.3 is 6.03 Å². The van der Waals surface area contributed by atoms with Crippen molar-refractivity contribution < 1.29 is 9.90 Å². The number of urea groups is 1. The summed E-state index contributed by atoms with van der Waals surface area (Å²) in [5.74, 6) is 3.13. The van der Waals surface area contributed by atoms with Crippen LogP contribution in [0.25, 0.3) is 0 Å². The Morgan fingerprint density at radius 2 is 2.26 bits per heavy atom. The SMILES string of the molecule is CC1CCCC(CNC(=O)NCC2(O)CCSC2)C1. The number of amides is 2. The fraction of sp³-hybridized carbons (Fsp3) is 0.929. The van der Waals surface area contributed by atoms with Crippen molar-refractivity contribution in [3.05, 3.63) is 0 Å². The van der Waals surface area contributed by atoms with Gasteiger partial charge in [-0.2, -0.15) is 11.8 Å². The molecule has 0 spiro atoms. The maximum Gasteiger partial charge on any atom is 0.314 e. The highest BCUT2D eigenvalue weighted by Crippen LogP contribution is 2.28. The van der Waals surface area contributed by atoms with Gasteiger partial charge in [0.1, 0.15) is 0 Å². The summed E-state index contributed by atoms with van der Waals surface area (Å²) in [4.78, 5) is 11.7. The molecule has 2 fully saturated rings. The molecule has 3 N–H and O–H groups in total. The molecule has 0 radical (unpaired) electrons. The Kier molecular flexibility index (Phi) is 5.39. The summed E-state index contributed by atoms with van der Waals surface area (Å²) in [5, 5.41) is 15.9. The molecule has 110 valence electrons. The third kappa shape index (κ3) is 4.88. The summed E-state index contributed by atoms with van der Waals surface area (Å²) in [5.41, 5.74) is -0.693. The maximum atomic E-state index is 11.7. The number of thioether (sulfide) groups is 1. The largest absolute Gasteiger partial charge is 0.387 e. The first kappa shape index (κ1) is 15.0. The molecule has 0 aromatic carbocycles. The lowest BCUT2D eigenvalue weighted by Gasteiger charge is -2.27. The average Bonchev–Trinajstić information content (AvgIpc) is 2.82. The number of hydrogen-bond donors (Lipinski definition) is 3. The van der Waals surface area contributed by atoms with Crippen molar-refractivity contribution in [2.75, 3.05) is 24.6 Å². The average molecular weight is 286 g/mol. The van der Waals surface area contributed by atoms with Gasteiger partial charge < -0.3 is 15.7 Å². The number of aliphatic hydroxyl groups is 1. The van der Waals surface area contributed by atoms with E-state index in [0.717, 1.165) is 30.4 Å². The highest BCUT2D eigenvalue weighted by molar-refractivity contribution is 7.99. The molecule has 2 rings (SSSR count). The van der Waals surface area contributed by atoms with Crippen LogP contribution in [0.5, 0.6) is 0 Å². The molecule has 1 saturated carbocycles. The lowest BCUT2D eigenvalue weighted by Crippen LogP contribution is -2.47. The normalized spacial score (nSPS) is 35.1. The number of carbonyl (C=O) groups is 1. The highest BCUT2D eigenvalue weighted by atomic mass is 32.2. The Hall–Kier alpha value is -0.420. The van der Waals surface area contributed by atoms with Crippen molar-refractivity contribution in [2.24, 2.45) is 11.8 Å². The van der Waals surface area contributed by atoms with Crippen LogP contribution in [0.4, 0.5) is 4.79 Å². The van der Waals surface area contributed by atoms with E-state index in [2.05, 4.69) is 17.6 Å². The summed E-state index contributed by atoms with van der Waals surface area (Å²) in [7, 11) is 0. The molecule has 3 unspecified atom stereocenters. The summed E-state index contributed by atoms with van der Waals surface area (Å²) in [6.45, 7) is 3.43. The van der Waals surface area contributed by atoms with Gasteiger partial charge in [-0.1, -0.05) is 19.8 Å². The van der Waals surface area contributed by atoms with E-state index in [4.69, 9.17) is 0 Å². The number of hydrogen-bond acceptors (Lipinski definition) is 3. The predicted molar refractivity (Wildman–Crippen MR) is 79.4 cm³/mol. The van der Waals surface area contributed by atoms with Gasteiger partial charge in [-0.15, -0.1) is 0 Å². The zero-order valence-corrected chi connectivity index (χ0v) is 12.6. The van der Waals surface area contributed by atoms with Gasteiger partial charge in [0, 0.05) is 18.8 Å². The van der Waals surface area contributed by atoms with E-state index in [0.29, 0.717) is 12.5 Å². The molecule has 2 aliphatic rings. The quantitative estimate of drug-likeness (QED) is 0.740. The minimum absolute atomic E-state index is 0.136. The topological polar surface area (TPSA) is 61.4 Å². The van der Waals surface area contributed by atoms with Gasteiger partial charge in [0.2, 0.25) is 0 Å². The molecule has 2 amide bonds. The fourth-order valence-electron chi connectivity index (χ4n) is 3.03. The van der Waals surface area contributed by atoms with Gasteiger partial charge in [-0.25, -0.2) is 4.79 Å². The molecule has 4 nitrogen and oxygen atoms in total. The standard InChI is InChI=1S/C14H26N2O2S/c1-11-3-2-4-12(7-11)8-15-13(17)16-9-14(18)5-6-19-10-14/h11-12,18H,2-10H2,1H3,(H2,15,16,17). The summed E-state index contributed by atoms with van der Waals surface area (Å²) in [6, 6.07) is -0.136. The molecule has 1 aliphatic heterocycles. The van der Waals surface area contributed by atoms with Crippen LogP contribution >= 0.6 is 11.8 Å². The van der Waals surface area contributed by atoms with Crippen LogP contribution in [-0.2, 0) is 0 Å². The van der Waals surface area contributed by atoms with E-state index in [1.54, 1.807) is 11.8 Å². The first-order chi connectivity index (χ1) is 9.07. The lowest BCUT2D eigenvalue weighted by molar-refractivity contribution is 0.0699. The van der Waals surface area contributed by atoms with E-state index in [-0.39, 0.29) is 6.03 Å². The van der Waals surface area contributed by atoms with Crippen molar-refractivity contribution in [3.8, 4) is 0 Å². The minimum Gasteiger partial charge on any atom is -0.387 e. The van der Waals surface area contributed by atoms with Crippen LogP contribution < -0.4 is 10.6 Å². The Morgan fingerprint density at radius 3 is 2.95 bits per heavy atom. The molecule has 5 heteroatoms. The Balaban J connectivity index is 1.61. The monoisotopic (exact) mass is 286 g/mol. The molecule has 0 aromatic rings. The van der Waals surface area contributed by atoms with Crippen LogP contribution in [-0.4, -0.2) is 41.3 Å². The molecule has 3 atom stereocenters. The molecular weight excluding hydrogens is 260 g/mol. The number of carbonyl (C=O) groups excluding carboxylic acids is 1. The van der Waals surface area contributed by atoms with E-state index in [1.807, 2.05) is 0 Å². The Labute approximate surface area is 120 Å². The van der Waals surface area contributed by atoms with Gasteiger partial charge in [-0.3, -0.25) is 0 Å². The third-order valence-electron chi connectivity index (χ3n) is 4.26. The maximum absolute atomic E-state index is 11.7. The van der Waals surface area contributed by atoms with Crippen molar-refractivity contribution in [3.63, 3.8) is 0 Å². The first-order valence-electron chi connectivity index (χ1n) is 7.39. The van der Waals surface area contributed by atoms with Crippen molar-refractivity contribution in [1.29, 1.82) is 0 Å². The van der Waals surface area contributed by atoms with Crippen LogP contribution in [0.15, 0.2) is 0 Å². The lowest BCUT2D eigenvalue weighted by atomic mass is 9.82. The van der Waals surface area contributed by atoms with Crippen molar-refractivity contribution in [1.82, 2.24) is 10.6 Å². The third-order valence-corrected chi connectivity index (χ3v) is 5.49. The van der Waals surface area contributed by atoms with Gasteiger partial charge in [0.15, 0.2) is 0 Å². The van der Waals surface area contributed by atoms with Gasteiger partial charge in [0.25, 0.3) is 0 Å². The second-order valence-electron chi connectivity index (χ2n) is 6.23. The first-order valence-corrected chi connectivity index (χ1v) is 8.55. The molecule has 0 bridgehead atoms. The highest BCUT2D eigenvalue weighted by Gasteiger charge is 2.32. The molecule has 19 heavy (non-hydrogen) atoms. The molecule has 1 aliphatic carbocycles. The van der Waals surface area contributed by atoms with Gasteiger partial charge in [0.05, 0.1) is 5.60 Å². The summed E-state index contributed by atoms with van der Waals surface area (Å²) >= 11 is 1.75. The van der Waals surface area contributed by atoms with E-state index >= 15 is 0 Å². The second kappa shape index (κ2) is 6.84. The van der Waals surface area contributed by atoms with Crippen molar-refractivity contribution >= 4 is 17.8 Å². The van der Waals surface area contributed by atoms with Crippen LogP contribution in [0.1, 0.15) is 39.0 Å². The number of rotatable bonds is 4. The summed E-state index contributed by atoms with van der Waals surface area (Å²) in [6.07, 6.45) is 5.84. The Bertz CT molecular complexity index is 306. The zero-order valence-electron chi connectivity index (χ0n) is 11.8. The molecule has 0 aromatic heterocycles. The van der Waals surface area contributed by atoms with E-state index in [1.165, 1.54) is 25.7 Å². The zero-order chi connectivity index (χ0) is 13.7. The van der Waals surface area contributed by atoms with Gasteiger partial charge in [-0.05, 0) is 36.9 Å². The fourth-order valence-corrected chi connectivity index (χ4v) is 4.32. The van der Waals surface area contributed by atoms with Crippen LogP contribution in [0.2, 0.25) is 0 Å². The molecule has 1 saturated heterocycles. The molecule has 1 heterocycles. The summed E-state index contributed by atoms with van der Waals surface area (Å²) < 4.78 is 0. The van der Waals surface area contributed by atoms with E-state index in [9.17, 15) is 9.90 Å².